The van der Waals surface area contributed by atoms with Crippen molar-refractivity contribution in [2.75, 3.05) is 0 Å². The lowest BCUT2D eigenvalue weighted by Gasteiger charge is -2.30. The average molecular weight is 236 g/mol. The Morgan fingerprint density at radius 1 is 1.24 bits per heavy atom. The summed E-state index contributed by atoms with van der Waals surface area (Å²) in [7, 11) is 0. The zero-order valence-electron chi connectivity index (χ0n) is 13.2. The van der Waals surface area contributed by atoms with Gasteiger partial charge in [0.1, 0.15) is 0 Å². The van der Waals surface area contributed by atoms with E-state index in [-0.39, 0.29) is 5.41 Å². The molecule has 0 atom stereocenters. The van der Waals surface area contributed by atoms with Gasteiger partial charge >= 0.3 is 0 Å². The minimum Gasteiger partial charge on any atom is -0.0991 e. The Hall–Kier alpha value is -0.780. The van der Waals surface area contributed by atoms with E-state index in [1.165, 1.54) is 11.1 Å². The second-order valence-corrected chi connectivity index (χ2v) is 4.95. The third kappa shape index (κ3) is 5.91. The van der Waals surface area contributed by atoms with E-state index in [0.717, 1.165) is 6.42 Å². The molecule has 0 amide bonds. The summed E-state index contributed by atoms with van der Waals surface area (Å²) in [4.78, 5) is 0. The summed E-state index contributed by atoms with van der Waals surface area (Å²) in [6, 6.07) is 0. The second kappa shape index (κ2) is 9.27. The molecular formula is C17H32. The van der Waals surface area contributed by atoms with Gasteiger partial charge in [-0.05, 0) is 35.8 Å². The fraction of sp³-hybridized carbons (Fsp3) is 0.647. The standard InChI is InChI=1S/C15H26.C2H6/c1-8-11-14(15(6,7)10-3)13(9-2)12(4)5;1-2/h8-9,11-12H,1,10H2,2-7H3;1-2H3/b13-9-,14-11+;. The van der Waals surface area contributed by atoms with Crippen molar-refractivity contribution in [1.82, 2.24) is 0 Å². The van der Waals surface area contributed by atoms with Crippen LogP contribution in [0.15, 0.2) is 36.0 Å². The van der Waals surface area contributed by atoms with Crippen molar-refractivity contribution in [3.05, 3.63) is 36.0 Å². The molecule has 0 aliphatic heterocycles. The molecule has 0 rings (SSSR count). The minimum absolute atomic E-state index is 0.236. The Morgan fingerprint density at radius 2 is 1.71 bits per heavy atom. The van der Waals surface area contributed by atoms with Crippen molar-refractivity contribution in [2.45, 2.75) is 61.8 Å². The van der Waals surface area contributed by atoms with Crippen LogP contribution in [0, 0.1) is 11.3 Å². The van der Waals surface area contributed by atoms with Crippen LogP contribution in [0.4, 0.5) is 0 Å². The summed E-state index contributed by atoms with van der Waals surface area (Å²) in [5.41, 5.74) is 3.11. The summed E-state index contributed by atoms with van der Waals surface area (Å²) in [6.07, 6.45) is 7.45. The molecule has 0 aliphatic carbocycles. The lowest BCUT2D eigenvalue weighted by atomic mass is 9.75. The van der Waals surface area contributed by atoms with Crippen LogP contribution in [0.5, 0.6) is 0 Å². The largest absolute Gasteiger partial charge is 0.0991 e. The molecule has 0 aromatic rings. The van der Waals surface area contributed by atoms with Gasteiger partial charge in [-0.1, -0.05) is 73.3 Å². The van der Waals surface area contributed by atoms with Gasteiger partial charge in [-0.2, -0.15) is 0 Å². The van der Waals surface area contributed by atoms with E-state index in [1.54, 1.807) is 0 Å². The topological polar surface area (TPSA) is 0 Å². The number of hydrogen-bond acceptors (Lipinski definition) is 0. The van der Waals surface area contributed by atoms with Crippen LogP contribution < -0.4 is 0 Å². The summed E-state index contributed by atoms with van der Waals surface area (Å²) in [6.45, 7) is 21.3. The minimum atomic E-state index is 0.236. The molecule has 0 aliphatic rings. The summed E-state index contributed by atoms with van der Waals surface area (Å²) < 4.78 is 0. The van der Waals surface area contributed by atoms with Crippen LogP contribution in [-0.4, -0.2) is 0 Å². The van der Waals surface area contributed by atoms with Crippen molar-refractivity contribution in [2.24, 2.45) is 11.3 Å². The number of rotatable bonds is 5. The Kier molecular flexibility index (Phi) is 10.1. The highest BCUT2D eigenvalue weighted by molar-refractivity contribution is 5.38. The molecule has 17 heavy (non-hydrogen) atoms. The Labute approximate surface area is 110 Å². The quantitative estimate of drug-likeness (QED) is 0.501. The van der Waals surface area contributed by atoms with Crippen molar-refractivity contribution >= 4 is 0 Å². The van der Waals surface area contributed by atoms with Crippen LogP contribution in [0.2, 0.25) is 0 Å². The van der Waals surface area contributed by atoms with Gasteiger partial charge in [0.15, 0.2) is 0 Å². The fourth-order valence-electron chi connectivity index (χ4n) is 1.82. The zero-order valence-corrected chi connectivity index (χ0v) is 13.2. The predicted molar refractivity (Wildman–Crippen MR) is 82.3 cm³/mol. The first-order chi connectivity index (χ1) is 7.90. The van der Waals surface area contributed by atoms with Gasteiger partial charge in [-0.3, -0.25) is 0 Å². The van der Waals surface area contributed by atoms with Crippen LogP contribution in [-0.2, 0) is 0 Å². The molecule has 0 radical (unpaired) electrons. The highest BCUT2D eigenvalue weighted by Gasteiger charge is 2.24. The maximum Gasteiger partial charge on any atom is -0.0103 e. The molecule has 0 saturated heterocycles. The second-order valence-electron chi connectivity index (χ2n) is 4.95. The van der Waals surface area contributed by atoms with Crippen LogP contribution >= 0.6 is 0 Å². The van der Waals surface area contributed by atoms with Crippen molar-refractivity contribution in [1.29, 1.82) is 0 Å². The van der Waals surface area contributed by atoms with Gasteiger partial charge in [-0.15, -0.1) is 0 Å². The van der Waals surface area contributed by atoms with Gasteiger partial charge in [0.25, 0.3) is 0 Å². The van der Waals surface area contributed by atoms with E-state index in [2.05, 4.69) is 60.3 Å². The van der Waals surface area contributed by atoms with Crippen molar-refractivity contribution in [3.63, 3.8) is 0 Å². The molecule has 0 aromatic carbocycles. The van der Waals surface area contributed by atoms with Crippen molar-refractivity contribution in [3.8, 4) is 0 Å². The molecule has 0 nitrogen and oxygen atoms in total. The fourth-order valence-corrected chi connectivity index (χ4v) is 1.82. The number of allylic oxidation sites excluding steroid dienone is 5. The molecule has 0 bridgehead atoms. The lowest BCUT2D eigenvalue weighted by Crippen LogP contribution is -2.17. The zero-order chi connectivity index (χ0) is 14.1. The summed E-state index contributed by atoms with van der Waals surface area (Å²) >= 11 is 0. The highest BCUT2D eigenvalue weighted by atomic mass is 14.3. The molecule has 0 aromatic heterocycles. The van der Waals surface area contributed by atoms with Gasteiger partial charge in [0, 0.05) is 0 Å². The van der Waals surface area contributed by atoms with E-state index in [1.807, 2.05) is 19.9 Å². The van der Waals surface area contributed by atoms with Gasteiger partial charge in [0.2, 0.25) is 0 Å². The molecule has 0 heterocycles. The molecule has 0 saturated carbocycles. The summed E-state index contributed by atoms with van der Waals surface area (Å²) in [5, 5.41) is 0. The molecule has 0 N–H and O–H groups in total. The first kappa shape index (κ1) is 18.6. The molecule has 100 valence electrons. The SMILES string of the molecule is C=C/C=C(\C(=C/C)C(C)C)C(C)(C)CC.CC. The van der Waals surface area contributed by atoms with Gasteiger partial charge < -0.3 is 0 Å². The monoisotopic (exact) mass is 236 g/mol. The predicted octanol–water partition coefficient (Wildman–Crippen LogP) is 6.16. The van der Waals surface area contributed by atoms with Gasteiger partial charge in [0.05, 0.1) is 0 Å². The van der Waals surface area contributed by atoms with Crippen LogP contribution in [0.3, 0.4) is 0 Å². The van der Waals surface area contributed by atoms with E-state index in [4.69, 9.17) is 0 Å². The van der Waals surface area contributed by atoms with Crippen molar-refractivity contribution < 1.29 is 0 Å². The average Bonchev–Trinajstić information content (AvgIpc) is 2.31. The van der Waals surface area contributed by atoms with E-state index in [0.29, 0.717) is 5.92 Å². The smallest absolute Gasteiger partial charge is 0.0103 e. The van der Waals surface area contributed by atoms with E-state index >= 15 is 0 Å². The molecule has 0 unspecified atom stereocenters. The summed E-state index contributed by atoms with van der Waals surface area (Å²) in [5.74, 6) is 0.576. The Balaban J connectivity index is 0. The molecular weight excluding hydrogens is 204 g/mol. The maximum atomic E-state index is 3.82. The Morgan fingerprint density at radius 3 is 1.94 bits per heavy atom. The Bertz CT molecular complexity index is 262. The molecule has 0 fully saturated rings. The number of hydrogen-bond donors (Lipinski definition) is 0. The highest BCUT2D eigenvalue weighted by Crippen LogP contribution is 2.37. The van der Waals surface area contributed by atoms with Gasteiger partial charge in [-0.25, -0.2) is 0 Å². The first-order valence-electron chi connectivity index (χ1n) is 6.90. The lowest BCUT2D eigenvalue weighted by molar-refractivity contribution is 0.427. The first-order valence-corrected chi connectivity index (χ1v) is 6.90. The molecule has 0 spiro atoms. The maximum absolute atomic E-state index is 3.82. The normalized spacial score (nSPS) is 13.2. The van der Waals surface area contributed by atoms with E-state index in [9.17, 15) is 0 Å². The van der Waals surface area contributed by atoms with E-state index < -0.39 is 0 Å². The third-order valence-corrected chi connectivity index (χ3v) is 3.14. The molecule has 0 heteroatoms. The van der Waals surface area contributed by atoms with Crippen LogP contribution in [0.25, 0.3) is 0 Å². The van der Waals surface area contributed by atoms with Crippen LogP contribution in [0.1, 0.15) is 61.8 Å². The third-order valence-electron chi connectivity index (χ3n) is 3.14.